The number of amides is 1. The van der Waals surface area contributed by atoms with Crippen LogP contribution in [0.3, 0.4) is 0 Å². The van der Waals surface area contributed by atoms with E-state index in [0.29, 0.717) is 18.8 Å². The quantitative estimate of drug-likeness (QED) is 0.234. The van der Waals surface area contributed by atoms with Crippen molar-refractivity contribution < 1.29 is 32.3 Å². The van der Waals surface area contributed by atoms with Gasteiger partial charge in [0.25, 0.3) is 5.91 Å². The number of pyridine rings is 1. The lowest BCUT2D eigenvalue weighted by Gasteiger charge is -2.34. The number of aryl methyl sites for hydroxylation is 1. The van der Waals surface area contributed by atoms with Gasteiger partial charge in [0.2, 0.25) is 0 Å². The van der Waals surface area contributed by atoms with Gasteiger partial charge in [0, 0.05) is 31.2 Å². The standard InChI is InChI=1S/C26H27FN2O6S.ClH/c27-22-5-3-20(4-6-22)21-16-19(17-28-18-21)2-1-13-35-23-7-9-24(10-8-23)36(32,33)26(25(30)29-31)11-14-34-15-12-26;/h3-10,16-18,31H,1-2,11-15H2,(H,29,30);1H. The first-order valence-corrected chi connectivity index (χ1v) is 13.0. The summed E-state index contributed by atoms with van der Waals surface area (Å²) >= 11 is 0. The predicted molar refractivity (Wildman–Crippen MR) is 137 cm³/mol. The van der Waals surface area contributed by atoms with E-state index >= 15 is 0 Å². The molecule has 0 aliphatic carbocycles. The van der Waals surface area contributed by atoms with Gasteiger partial charge in [-0.25, -0.2) is 18.3 Å². The number of rotatable bonds is 9. The summed E-state index contributed by atoms with van der Waals surface area (Å²) in [5.41, 5.74) is 4.32. The monoisotopic (exact) mass is 550 g/mol. The molecule has 3 aromatic rings. The topological polar surface area (TPSA) is 115 Å². The van der Waals surface area contributed by atoms with E-state index in [1.54, 1.807) is 36.7 Å². The van der Waals surface area contributed by atoms with Crippen molar-refractivity contribution in [1.82, 2.24) is 10.5 Å². The van der Waals surface area contributed by atoms with Gasteiger partial charge in [0.05, 0.1) is 11.5 Å². The zero-order valence-electron chi connectivity index (χ0n) is 19.9. The van der Waals surface area contributed by atoms with Crippen LogP contribution in [0.2, 0.25) is 0 Å². The van der Waals surface area contributed by atoms with E-state index in [4.69, 9.17) is 14.7 Å². The number of carbonyl (C=O) groups is 1. The Morgan fingerprint density at radius 1 is 1.05 bits per heavy atom. The van der Waals surface area contributed by atoms with Crippen LogP contribution in [0.25, 0.3) is 11.1 Å². The van der Waals surface area contributed by atoms with E-state index in [9.17, 15) is 17.6 Å². The first kappa shape index (κ1) is 28.5. The van der Waals surface area contributed by atoms with Crippen LogP contribution >= 0.6 is 12.4 Å². The normalized spacial score (nSPS) is 14.9. The van der Waals surface area contributed by atoms with Crippen LogP contribution in [-0.4, -0.2) is 49.1 Å². The van der Waals surface area contributed by atoms with E-state index in [2.05, 4.69) is 4.98 Å². The van der Waals surface area contributed by atoms with Gasteiger partial charge in [-0.3, -0.25) is 15.0 Å². The van der Waals surface area contributed by atoms with Crippen LogP contribution < -0.4 is 10.2 Å². The smallest absolute Gasteiger partial charge is 0.265 e. The van der Waals surface area contributed by atoms with E-state index in [1.807, 2.05) is 6.07 Å². The average Bonchev–Trinajstić information content (AvgIpc) is 2.92. The minimum atomic E-state index is -4.08. The molecule has 37 heavy (non-hydrogen) atoms. The predicted octanol–water partition coefficient (Wildman–Crippen LogP) is 4.15. The molecule has 2 aromatic carbocycles. The van der Waals surface area contributed by atoms with Gasteiger partial charge < -0.3 is 9.47 Å². The van der Waals surface area contributed by atoms with Gasteiger partial charge in [-0.15, -0.1) is 12.4 Å². The number of aromatic nitrogens is 1. The highest BCUT2D eigenvalue weighted by molar-refractivity contribution is 7.93. The van der Waals surface area contributed by atoms with Crippen LogP contribution in [-0.2, 0) is 25.8 Å². The Morgan fingerprint density at radius 3 is 2.38 bits per heavy atom. The Hall–Kier alpha value is -3.05. The van der Waals surface area contributed by atoms with Gasteiger partial charge in [-0.1, -0.05) is 12.1 Å². The number of hydrogen-bond donors (Lipinski definition) is 2. The lowest BCUT2D eigenvalue weighted by Crippen LogP contribution is -2.54. The van der Waals surface area contributed by atoms with Gasteiger partial charge in [-0.2, -0.15) is 0 Å². The summed E-state index contributed by atoms with van der Waals surface area (Å²) in [6, 6.07) is 14.2. The van der Waals surface area contributed by atoms with Crippen molar-refractivity contribution in [2.45, 2.75) is 35.3 Å². The second kappa shape index (κ2) is 12.5. The molecule has 1 aliphatic heterocycles. The van der Waals surface area contributed by atoms with E-state index < -0.39 is 20.5 Å². The minimum absolute atomic E-state index is 0. The van der Waals surface area contributed by atoms with Crippen molar-refractivity contribution >= 4 is 28.2 Å². The summed E-state index contributed by atoms with van der Waals surface area (Å²) in [7, 11) is -4.08. The molecule has 1 fully saturated rings. The number of hydrogen-bond acceptors (Lipinski definition) is 7. The number of ether oxygens (including phenoxy) is 2. The van der Waals surface area contributed by atoms with Crippen molar-refractivity contribution in [3.8, 4) is 16.9 Å². The minimum Gasteiger partial charge on any atom is -0.494 e. The molecule has 8 nitrogen and oxygen atoms in total. The summed E-state index contributed by atoms with van der Waals surface area (Å²) in [4.78, 5) is 16.6. The molecule has 2 heterocycles. The highest BCUT2D eigenvalue weighted by Crippen LogP contribution is 2.35. The van der Waals surface area contributed by atoms with Crippen molar-refractivity contribution in [3.05, 3.63) is 78.4 Å². The summed E-state index contributed by atoms with van der Waals surface area (Å²) in [6.07, 6.45) is 4.84. The Bertz CT molecular complexity index is 1300. The molecule has 0 bridgehead atoms. The van der Waals surface area contributed by atoms with Crippen molar-refractivity contribution in [2.24, 2.45) is 0 Å². The second-order valence-corrected chi connectivity index (χ2v) is 10.8. The van der Waals surface area contributed by atoms with Crippen molar-refractivity contribution in [2.75, 3.05) is 19.8 Å². The first-order chi connectivity index (χ1) is 17.4. The number of carbonyl (C=O) groups excluding carboxylic acids is 1. The molecule has 1 amide bonds. The van der Waals surface area contributed by atoms with Crippen LogP contribution in [0.5, 0.6) is 5.75 Å². The zero-order chi connectivity index (χ0) is 25.6. The van der Waals surface area contributed by atoms with Gasteiger partial charge in [0.15, 0.2) is 14.6 Å². The summed E-state index contributed by atoms with van der Waals surface area (Å²) < 4.78 is 49.0. The number of nitrogens with one attached hydrogen (secondary N) is 1. The van der Waals surface area contributed by atoms with Crippen LogP contribution in [0.15, 0.2) is 71.9 Å². The summed E-state index contributed by atoms with van der Waals surface area (Å²) in [6.45, 7) is 0.618. The maximum atomic E-state index is 13.3. The number of nitrogens with zero attached hydrogens (tertiary/aromatic N) is 1. The molecule has 198 valence electrons. The van der Waals surface area contributed by atoms with Gasteiger partial charge in [0.1, 0.15) is 11.6 Å². The van der Waals surface area contributed by atoms with Crippen molar-refractivity contribution in [1.29, 1.82) is 0 Å². The Balaban J connectivity index is 0.00000380. The third-order valence-electron chi connectivity index (χ3n) is 6.32. The van der Waals surface area contributed by atoms with Crippen LogP contribution in [0.1, 0.15) is 24.8 Å². The first-order valence-electron chi connectivity index (χ1n) is 11.6. The number of hydroxylamine groups is 1. The molecule has 0 spiro atoms. The zero-order valence-corrected chi connectivity index (χ0v) is 21.6. The molecular formula is C26H28ClFN2O6S. The molecule has 0 saturated carbocycles. The molecule has 11 heteroatoms. The Kier molecular flexibility index (Phi) is 9.61. The molecule has 0 atom stereocenters. The Labute approximate surface area is 221 Å². The van der Waals surface area contributed by atoms with Crippen LogP contribution in [0.4, 0.5) is 4.39 Å². The summed E-state index contributed by atoms with van der Waals surface area (Å²) in [5, 5.41) is 9.15. The van der Waals surface area contributed by atoms with Gasteiger partial charge >= 0.3 is 0 Å². The molecule has 1 aromatic heterocycles. The third kappa shape index (κ3) is 6.27. The number of benzene rings is 2. The molecule has 2 N–H and O–H groups in total. The van der Waals surface area contributed by atoms with E-state index in [0.717, 1.165) is 23.1 Å². The molecule has 0 unspecified atom stereocenters. The SMILES string of the molecule is Cl.O=C(NO)C1(S(=O)(=O)c2ccc(OCCCc3cncc(-c4ccc(F)cc4)c3)cc2)CCOCC1. The van der Waals surface area contributed by atoms with Crippen LogP contribution in [0, 0.1) is 5.82 Å². The Morgan fingerprint density at radius 2 is 1.73 bits per heavy atom. The fraction of sp³-hybridized carbons (Fsp3) is 0.308. The maximum Gasteiger partial charge on any atom is 0.265 e. The number of sulfone groups is 1. The van der Waals surface area contributed by atoms with E-state index in [1.165, 1.54) is 29.7 Å². The second-order valence-electron chi connectivity index (χ2n) is 8.56. The maximum absolute atomic E-state index is 13.3. The third-order valence-corrected chi connectivity index (χ3v) is 8.83. The highest BCUT2D eigenvalue weighted by Gasteiger charge is 2.52. The lowest BCUT2D eigenvalue weighted by atomic mass is 9.98. The molecule has 4 rings (SSSR count). The van der Waals surface area contributed by atoms with E-state index in [-0.39, 0.29) is 49.2 Å². The molecular weight excluding hydrogens is 523 g/mol. The summed E-state index contributed by atoms with van der Waals surface area (Å²) in [5.74, 6) is -0.742. The molecule has 1 aliphatic rings. The molecule has 1 saturated heterocycles. The fourth-order valence-electron chi connectivity index (χ4n) is 4.25. The highest BCUT2D eigenvalue weighted by atomic mass is 35.5. The van der Waals surface area contributed by atoms with Gasteiger partial charge in [-0.05, 0) is 79.3 Å². The fourth-order valence-corrected chi connectivity index (χ4v) is 6.19. The molecule has 0 radical (unpaired) electrons. The number of halogens is 2. The average molecular weight is 551 g/mol. The largest absolute Gasteiger partial charge is 0.494 e. The van der Waals surface area contributed by atoms with Crippen molar-refractivity contribution in [3.63, 3.8) is 0 Å². The lowest BCUT2D eigenvalue weighted by molar-refractivity contribution is -0.134.